The lowest BCUT2D eigenvalue weighted by Gasteiger charge is -2.03. The Balaban J connectivity index is 2.41. The molecule has 1 unspecified atom stereocenters. The number of nitrogens with two attached hydrogens (primary N) is 1. The van der Waals surface area contributed by atoms with E-state index in [1.54, 1.807) is 12.4 Å². The first-order chi connectivity index (χ1) is 6.83. The van der Waals surface area contributed by atoms with Crippen LogP contribution in [0.2, 0.25) is 0 Å². The number of rotatable bonds is 3. The first-order valence-electron chi connectivity index (χ1n) is 4.97. The monoisotopic (exact) mass is 188 g/mol. The van der Waals surface area contributed by atoms with Gasteiger partial charge in [-0.1, -0.05) is 25.2 Å². The Bertz CT molecular complexity index is 308. The van der Waals surface area contributed by atoms with E-state index in [0.717, 1.165) is 24.8 Å². The van der Waals surface area contributed by atoms with Crippen molar-refractivity contribution < 1.29 is 0 Å². The quantitative estimate of drug-likeness (QED) is 0.736. The fourth-order valence-electron chi connectivity index (χ4n) is 1.19. The van der Waals surface area contributed by atoms with E-state index in [1.165, 1.54) is 0 Å². The molecule has 1 aromatic heterocycles. The predicted molar refractivity (Wildman–Crippen MR) is 58.6 cm³/mol. The zero-order valence-corrected chi connectivity index (χ0v) is 8.53. The maximum absolute atomic E-state index is 5.83. The Labute approximate surface area is 85.5 Å². The minimum atomic E-state index is 0.212. The van der Waals surface area contributed by atoms with Gasteiger partial charge in [-0.25, -0.2) is 0 Å². The fraction of sp³-hybridized carbons (Fsp3) is 0.417. The lowest BCUT2D eigenvalue weighted by Crippen LogP contribution is -2.18. The second kappa shape index (κ2) is 6.17. The first kappa shape index (κ1) is 10.7. The van der Waals surface area contributed by atoms with Gasteiger partial charge < -0.3 is 5.73 Å². The van der Waals surface area contributed by atoms with E-state index in [1.807, 2.05) is 12.1 Å². The van der Waals surface area contributed by atoms with Crippen LogP contribution < -0.4 is 5.73 Å². The number of hydrogen-bond donors (Lipinski definition) is 1. The summed E-state index contributed by atoms with van der Waals surface area (Å²) in [7, 11) is 0. The van der Waals surface area contributed by atoms with Crippen molar-refractivity contribution in [1.29, 1.82) is 0 Å². The molecule has 0 bridgehead atoms. The van der Waals surface area contributed by atoms with Crippen molar-refractivity contribution in [3.05, 3.63) is 30.1 Å². The Hall–Kier alpha value is -1.33. The van der Waals surface area contributed by atoms with E-state index >= 15 is 0 Å². The normalized spacial score (nSPS) is 11.6. The minimum Gasteiger partial charge on any atom is -0.327 e. The van der Waals surface area contributed by atoms with Crippen molar-refractivity contribution in [2.24, 2.45) is 5.73 Å². The van der Waals surface area contributed by atoms with Crippen molar-refractivity contribution >= 4 is 0 Å². The molecule has 0 spiro atoms. The number of nitrogens with zero attached hydrogens (tertiary/aromatic N) is 1. The molecule has 1 rings (SSSR count). The molecular weight excluding hydrogens is 172 g/mol. The molecule has 2 nitrogen and oxygen atoms in total. The molecule has 0 aliphatic carbocycles. The Morgan fingerprint density at radius 3 is 3.07 bits per heavy atom. The van der Waals surface area contributed by atoms with Crippen molar-refractivity contribution in [1.82, 2.24) is 4.98 Å². The summed E-state index contributed by atoms with van der Waals surface area (Å²) in [6.07, 6.45) is 6.44. The van der Waals surface area contributed by atoms with Gasteiger partial charge in [-0.2, -0.15) is 0 Å². The molecule has 0 radical (unpaired) electrons. The molecule has 14 heavy (non-hydrogen) atoms. The van der Waals surface area contributed by atoms with E-state index in [4.69, 9.17) is 5.73 Å². The van der Waals surface area contributed by atoms with E-state index < -0.39 is 0 Å². The molecule has 2 heteroatoms. The molecule has 2 N–H and O–H groups in total. The van der Waals surface area contributed by atoms with Crippen LogP contribution in [0.25, 0.3) is 0 Å². The Morgan fingerprint density at radius 1 is 1.57 bits per heavy atom. The second-order valence-corrected chi connectivity index (χ2v) is 3.30. The highest BCUT2D eigenvalue weighted by molar-refractivity contribution is 5.31. The summed E-state index contributed by atoms with van der Waals surface area (Å²) >= 11 is 0. The van der Waals surface area contributed by atoms with Crippen molar-refractivity contribution in [2.75, 3.05) is 0 Å². The molecule has 0 aromatic carbocycles. The summed E-state index contributed by atoms with van der Waals surface area (Å²) in [4.78, 5) is 3.99. The number of pyridine rings is 1. The van der Waals surface area contributed by atoms with Crippen LogP contribution in [-0.4, -0.2) is 11.0 Å². The number of aromatic nitrogens is 1. The van der Waals surface area contributed by atoms with Crippen LogP contribution in [0.4, 0.5) is 0 Å². The molecule has 0 amide bonds. The SMILES string of the molecule is CCCC(N)CC#Cc1cccnc1. The second-order valence-electron chi connectivity index (χ2n) is 3.30. The molecule has 1 aromatic rings. The van der Waals surface area contributed by atoms with Crippen molar-refractivity contribution in [2.45, 2.75) is 32.2 Å². The first-order valence-corrected chi connectivity index (χ1v) is 4.97. The van der Waals surface area contributed by atoms with Gasteiger partial charge in [-0.3, -0.25) is 4.98 Å². The van der Waals surface area contributed by atoms with Gasteiger partial charge in [0.2, 0.25) is 0 Å². The summed E-state index contributed by atoms with van der Waals surface area (Å²) in [6.45, 7) is 2.13. The summed E-state index contributed by atoms with van der Waals surface area (Å²) < 4.78 is 0. The molecule has 0 saturated heterocycles. The van der Waals surface area contributed by atoms with Crippen LogP contribution in [0.5, 0.6) is 0 Å². The predicted octanol–water partition coefficient (Wildman–Crippen LogP) is 1.95. The third-order valence-corrected chi connectivity index (χ3v) is 1.92. The Kier molecular flexibility index (Phi) is 4.74. The summed E-state index contributed by atoms with van der Waals surface area (Å²) in [5.41, 5.74) is 6.79. The summed E-state index contributed by atoms with van der Waals surface area (Å²) in [5, 5.41) is 0. The zero-order valence-electron chi connectivity index (χ0n) is 8.53. The van der Waals surface area contributed by atoms with Gasteiger partial charge in [0.05, 0.1) is 0 Å². The fourth-order valence-corrected chi connectivity index (χ4v) is 1.19. The maximum atomic E-state index is 5.83. The van der Waals surface area contributed by atoms with Gasteiger partial charge in [0.25, 0.3) is 0 Å². The third-order valence-electron chi connectivity index (χ3n) is 1.92. The number of hydrogen-bond acceptors (Lipinski definition) is 2. The molecular formula is C12H16N2. The van der Waals surface area contributed by atoms with Gasteiger partial charge in [0.15, 0.2) is 0 Å². The maximum Gasteiger partial charge on any atom is 0.0428 e. The Morgan fingerprint density at radius 2 is 2.43 bits per heavy atom. The van der Waals surface area contributed by atoms with E-state index in [9.17, 15) is 0 Å². The molecule has 0 fully saturated rings. The summed E-state index contributed by atoms with van der Waals surface area (Å²) in [5.74, 6) is 6.11. The molecule has 74 valence electrons. The summed E-state index contributed by atoms with van der Waals surface area (Å²) in [6, 6.07) is 4.05. The highest BCUT2D eigenvalue weighted by atomic mass is 14.6. The van der Waals surface area contributed by atoms with Crippen molar-refractivity contribution in [3.63, 3.8) is 0 Å². The van der Waals surface area contributed by atoms with E-state index in [-0.39, 0.29) is 6.04 Å². The minimum absolute atomic E-state index is 0.212. The standard InChI is InChI=1S/C12H16N2/c1-2-5-12(13)8-3-6-11-7-4-9-14-10-11/h4,7,9-10,12H,2,5,8,13H2,1H3. The van der Waals surface area contributed by atoms with Gasteiger partial charge in [0, 0.05) is 30.4 Å². The van der Waals surface area contributed by atoms with Gasteiger partial charge in [-0.15, -0.1) is 0 Å². The topological polar surface area (TPSA) is 38.9 Å². The largest absolute Gasteiger partial charge is 0.327 e. The molecule has 1 heterocycles. The zero-order chi connectivity index (χ0) is 10.2. The lowest BCUT2D eigenvalue weighted by atomic mass is 10.1. The van der Waals surface area contributed by atoms with Crippen LogP contribution in [0.3, 0.4) is 0 Å². The van der Waals surface area contributed by atoms with Crippen LogP contribution in [0.1, 0.15) is 31.7 Å². The smallest absolute Gasteiger partial charge is 0.0428 e. The highest BCUT2D eigenvalue weighted by Crippen LogP contribution is 1.97. The van der Waals surface area contributed by atoms with Gasteiger partial charge in [0.1, 0.15) is 0 Å². The lowest BCUT2D eigenvalue weighted by molar-refractivity contribution is 0.617. The van der Waals surface area contributed by atoms with Gasteiger partial charge in [-0.05, 0) is 18.6 Å². The third kappa shape index (κ3) is 4.06. The van der Waals surface area contributed by atoms with Crippen LogP contribution in [0.15, 0.2) is 24.5 Å². The molecule has 0 aliphatic heterocycles. The average molecular weight is 188 g/mol. The van der Waals surface area contributed by atoms with Crippen LogP contribution in [0, 0.1) is 11.8 Å². The van der Waals surface area contributed by atoms with Crippen molar-refractivity contribution in [3.8, 4) is 11.8 Å². The molecule has 1 atom stereocenters. The van der Waals surface area contributed by atoms with Crippen LogP contribution >= 0.6 is 0 Å². The van der Waals surface area contributed by atoms with Gasteiger partial charge >= 0.3 is 0 Å². The molecule has 0 aliphatic rings. The highest BCUT2D eigenvalue weighted by Gasteiger charge is 1.96. The van der Waals surface area contributed by atoms with Crippen LogP contribution in [-0.2, 0) is 0 Å². The van der Waals surface area contributed by atoms with E-state index in [2.05, 4.69) is 23.7 Å². The molecule has 0 saturated carbocycles. The average Bonchev–Trinajstić information content (AvgIpc) is 2.20. The van der Waals surface area contributed by atoms with E-state index in [0.29, 0.717) is 0 Å².